The van der Waals surface area contributed by atoms with Gasteiger partial charge in [0.15, 0.2) is 0 Å². The van der Waals surface area contributed by atoms with Crippen molar-refractivity contribution in [3.8, 4) is 0 Å². The maximum Gasteiger partial charge on any atom is 0.0506 e. The van der Waals surface area contributed by atoms with Crippen LogP contribution in [-0.2, 0) is 17.6 Å². The average molecular weight is 279 g/mol. The van der Waals surface area contributed by atoms with E-state index in [0.717, 1.165) is 19.8 Å². The molecule has 0 radical (unpaired) electrons. The first kappa shape index (κ1) is 13.6. The van der Waals surface area contributed by atoms with Gasteiger partial charge in [-0.3, -0.25) is 0 Å². The topological polar surface area (TPSA) is 21.3 Å². The highest BCUT2D eigenvalue weighted by Gasteiger charge is 2.18. The molecule has 1 fully saturated rings. The first-order valence-corrected chi connectivity index (χ1v) is 8.57. The van der Waals surface area contributed by atoms with Crippen LogP contribution in [0, 0.1) is 5.92 Å². The summed E-state index contributed by atoms with van der Waals surface area (Å²) in [5.41, 5.74) is 1.63. The standard InChI is InChI=1S/C16H25NOS/c1-12(17-10-13-5-4-8-18-11-13)16-9-14-6-2-3-7-15(14)19-16/h9,12-13,17H,2-8,10-11H2,1H3. The van der Waals surface area contributed by atoms with Crippen molar-refractivity contribution in [1.29, 1.82) is 0 Å². The van der Waals surface area contributed by atoms with Crippen molar-refractivity contribution in [1.82, 2.24) is 5.32 Å². The number of hydrogen-bond acceptors (Lipinski definition) is 3. The van der Waals surface area contributed by atoms with Crippen molar-refractivity contribution >= 4 is 11.3 Å². The van der Waals surface area contributed by atoms with Crippen LogP contribution in [-0.4, -0.2) is 19.8 Å². The highest BCUT2D eigenvalue weighted by molar-refractivity contribution is 7.12. The summed E-state index contributed by atoms with van der Waals surface area (Å²) in [6.07, 6.45) is 7.92. The van der Waals surface area contributed by atoms with Crippen molar-refractivity contribution in [3.05, 3.63) is 21.4 Å². The molecule has 1 N–H and O–H groups in total. The number of nitrogens with one attached hydrogen (secondary N) is 1. The molecule has 2 aliphatic rings. The molecule has 0 bridgehead atoms. The number of ether oxygens (including phenoxy) is 1. The minimum atomic E-state index is 0.498. The SMILES string of the molecule is CC(NCC1CCCOC1)c1cc2c(s1)CCCC2. The van der Waals surface area contributed by atoms with E-state index >= 15 is 0 Å². The second-order valence-corrected chi connectivity index (χ2v) is 7.19. The van der Waals surface area contributed by atoms with Gasteiger partial charge in [0, 0.05) is 28.9 Å². The molecule has 2 unspecified atom stereocenters. The molecule has 1 aliphatic heterocycles. The zero-order valence-electron chi connectivity index (χ0n) is 11.9. The minimum Gasteiger partial charge on any atom is -0.381 e. The van der Waals surface area contributed by atoms with Crippen molar-refractivity contribution in [3.63, 3.8) is 0 Å². The van der Waals surface area contributed by atoms with Crippen LogP contribution >= 0.6 is 11.3 Å². The normalized spacial score (nSPS) is 25.0. The maximum atomic E-state index is 5.55. The second kappa shape index (κ2) is 6.38. The van der Waals surface area contributed by atoms with E-state index < -0.39 is 0 Å². The Hall–Kier alpha value is -0.380. The van der Waals surface area contributed by atoms with Crippen LogP contribution < -0.4 is 5.32 Å². The van der Waals surface area contributed by atoms with Crippen LogP contribution in [0.3, 0.4) is 0 Å². The van der Waals surface area contributed by atoms with Crippen molar-refractivity contribution in [2.45, 2.75) is 51.5 Å². The van der Waals surface area contributed by atoms with Gasteiger partial charge in [-0.15, -0.1) is 11.3 Å². The Morgan fingerprint density at radius 3 is 3.05 bits per heavy atom. The van der Waals surface area contributed by atoms with Gasteiger partial charge in [-0.1, -0.05) is 0 Å². The smallest absolute Gasteiger partial charge is 0.0506 e. The molecule has 1 aromatic heterocycles. The fourth-order valence-electron chi connectivity index (χ4n) is 3.14. The number of thiophene rings is 1. The van der Waals surface area contributed by atoms with Gasteiger partial charge in [0.25, 0.3) is 0 Å². The quantitative estimate of drug-likeness (QED) is 0.907. The van der Waals surface area contributed by atoms with Gasteiger partial charge < -0.3 is 10.1 Å². The third-order valence-corrected chi connectivity index (χ3v) is 5.83. The van der Waals surface area contributed by atoms with E-state index in [-0.39, 0.29) is 0 Å². The largest absolute Gasteiger partial charge is 0.381 e. The van der Waals surface area contributed by atoms with Crippen molar-refractivity contribution in [2.24, 2.45) is 5.92 Å². The molecule has 0 spiro atoms. The molecule has 2 nitrogen and oxygen atoms in total. The predicted molar refractivity (Wildman–Crippen MR) is 80.9 cm³/mol. The van der Waals surface area contributed by atoms with Crippen molar-refractivity contribution < 1.29 is 4.74 Å². The number of hydrogen-bond donors (Lipinski definition) is 1. The van der Waals surface area contributed by atoms with Crippen LogP contribution in [0.25, 0.3) is 0 Å². The van der Waals surface area contributed by atoms with Gasteiger partial charge in [0.2, 0.25) is 0 Å². The Bertz CT molecular complexity index is 385. The molecule has 0 amide bonds. The minimum absolute atomic E-state index is 0.498. The summed E-state index contributed by atoms with van der Waals surface area (Å²) < 4.78 is 5.55. The van der Waals surface area contributed by atoms with Gasteiger partial charge >= 0.3 is 0 Å². The van der Waals surface area contributed by atoms with E-state index in [9.17, 15) is 0 Å². The fourth-order valence-corrected chi connectivity index (χ4v) is 4.42. The van der Waals surface area contributed by atoms with Crippen LogP contribution in [0.5, 0.6) is 0 Å². The molecule has 2 heterocycles. The third-order valence-electron chi connectivity index (χ3n) is 4.41. The molecule has 19 heavy (non-hydrogen) atoms. The molecule has 1 aliphatic carbocycles. The van der Waals surface area contributed by atoms with Crippen molar-refractivity contribution in [2.75, 3.05) is 19.8 Å². The Morgan fingerprint density at radius 2 is 2.26 bits per heavy atom. The third kappa shape index (κ3) is 3.39. The molecular formula is C16H25NOS. The monoisotopic (exact) mass is 279 g/mol. The van der Waals surface area contributed by atoms with Gasteiger partial charge in [-0.05, 0) is 63.0 Å². The van der Waals surface area contributed by atoms with E-state index in [4.69, 9.17) is 4.74 Å². The highest BCUT2D eigenvalue weighted by atomic mass is 32.1. The Morgan fingerprint density at radius 1 is 1.37 bits per heavy atom. The number of rotatable bonds is 4. The molecule has 0 saturated carbocycles. The van der Waals surface area contributed by atoms with E-state index in [0.29, 0.717) is 12.0 Å². The van der Waals surface area contributed by atoms with E-state index in [1.165, 1.54) is 43.4 Å². The van der Waals surface area contributed by atoms with Crippen LogP contribution in [0.2, 0.25) is 0 Å². The lowest BCUT2D eigenvalue weighted by Gasteiger charge is -2.24. The van der Waals surface area contributed by atoms with Gasteiger partial charge in [0.1, 0.15) is 0 Å². The summed E-state index contributed by atoms with van der Waals surface area (Å²) in [5, 5.41) is 3.71. The first-order chi connectivity index (χ1) is 9.33. The summed E-state index contributed by atoms with van der Waals surface area (Å²) in [4.78, 5) is 3.18. The molecule has 3 heteroatoms. The van der Waals surface area contributed by atoms with Crippen LogP contribution in [0.15, 0.2) is 6.07 Å². The lowest BCUT2D eigenvalue weighted by atomic mass is 9.98. The Labute approximate surface area is 120 Å². The molecule has 106 valence electrons. The molecule has 1 aromatic rings. The summed E-state index contributed by atoms with van der Waals surface area (Å²) in [6, 6.07) is 2.95. The lowest BCUT2D eigenvalue weighted by molar-refractivity contribution is 0.0540. The predicted octanol–water partition coefficient (Wildman–Crippen LogP) is 3.70. The summed E-state index contributed by atoms with van der Waals surface area (Å²) >= 11 is 2.04. The number of fused-ring (bicyclic) bond motifs is 1. The van der Waals surface area contributed by atoms with Crippen LogP contribution in [0.1, 0.15) is 54.0 Å². The summed E-state index contributed by atoms with van der Waals surface area (Å²) in [7, 11) is 0. The maximum absolute atomic E-state index is 5.55. The Kier molecular flexibility index (Phi) is 4.57. The second-order valence-electron chi connectivity index (χ2n) is 6.02. The number of aryl methyl sites for hydroxylation is 2. The van der Waals surface area contributed by atoms with Crippen LogP contribution in [0.4, 0.5) is 0 Å². The molecular weight excluding hydrogens is 254 g/mol. The fraction of sp³-hybridized carbons (Fsp3) is 0.750. The summed E-state index contributed by atoms with van der Waals surface area (Å²) in [6.45, 7) is 5.31. The molecule has 2 atom stereocenters. The zero-order chi connectivity index (χ0) is 13.1. The summed E-state index contributed by atoms with van der Waals surface area (Å²) in [5.74, 6) is 0.714. The first-order valence-electron chi connectivity index (χ1n) is 7.75. The van der Waals surface area contributed by atoms with E-state index in [2.05, 4.69) is 18.3 Å². The zero-order valence-corrected chi connectivity index (χ0v) is 12.7. The van der Waals surface area contributed by atoms with E-state index in [1.807, 2.05) is 11.3 Å². The molecule has 0 aromatic carbocycles. The van der Waals surface area contributed by atoms with Gasteiger partial charge in [-0.2, -0.15) is 0 Å². The van der Waals surface area contributed by atoms with E-state index in [1.54, 1.807) is 10.4 Å². The van der Waals surface area contributed by atoms with Gasteiger partial charge in [-0.25, -0.2) is 0 Å². The highest BCUT2D eigenvalue weighted by Crippen LogP contribution is 2.32. The molecule has 3 rings (SSSR count). The Balaban J connectivity index is 1.54. The lowest BCUT2D eigenvalue weighted by Crippen LogP contribution is -2.30. The average Bonchev–Trinajstić information content (AvgIpc) is 2.90. The van der Waals surface area contributed by atoms with Gasteiger partial charge in [0.05, 0.1) is 6.61 Å². The molecule has 1 saturated heterocycles.